The lowest BCUT2D eigenvalue weighted by Gasteiger charge is -2.37. The van der Waals surface area contributed by atoms with Crippen molar-refractivity contribution >= 4 is 11.6 Å². The predicted molar refractivity (Wildman–Crippen MR) is 172 cm³/mol. The maximum absolute atomic E-state index is 13.8. The zero-order valence-electron chi connectivity index (χ0n) is 26.0. The highest BCUT2D eigenvalue weighted by atomic mass is 16.5. The lowest BCUT2D eigenvalue weighted by Crippen LogP contribution is -2.40. The molecule has 0 spiro atoms. The van der Waals surface area contributed by atoms with Crippen LogP contribution in [0.3, 0.4) is 0 Å². The molecule has 1 atom stereocenters. The van der Waals surface area contributed by atoms with E-state index in [0.717, 1.165) is 92.2 Å². The van der Waals surface area contributed by atoms with Gasteiger partial charge in [0.15, 0.2) is 0 Å². The van der Waals surface area contributed by atoms with Gasteiger partial charge in [0.25, 0.3) is 11.5 Å². The van der Waals surface area contributed by atoms with Gasteiger partial charge in [0.05, 0.1) is 6.10 Å². The largest absolute Gasteiger partial charge is 0.392 e. The molecule has 0 saturated carbocycles. The number of aryl methyl sites for hydroxylation is 2. The van der Waals surface area contributed by atoms with Crippen molar-refractivity contribution in [2.24, 2.45) is 0 Å². The summed E-state index contributed by atoms with van der Waals surface area (Å²) >= 11 is 0. The van der Waals surface area contributed by atoms with E-state index in [-0.39, 0.29) is 24.1 Å². The summed E-state index contributed by atoms with van der Waals surface area (Å²) in [4.78, 5) is 33.9. The smallest absolute Gasteiger partial charge is 0.253 e. The van der Waals surface area contributed by atoms with Gasteiger partial charge in [0.2, 0.25) is 0 Å². The van der Waals surface area contributed by atoms with Gasteiger partial charge < -0.3 is 25.0 Å². The molecule has 1 aromatic heterocycles. The molecule has 43 heavy (non-hydrogen) atoms. The van der Waals surface area contributed by atoms with E-state index < -0.39 is 0 Å². The highest BCUT2D eigenvalue weighted by Gasteiger charge is 2.25. The number of rotatable bonds is 9. The molecule has 8 heteroatoms. The zero-order valence-corrected chi connectivity index (χ0v) is 26.0. The Morgan fingerprint density at radius 1 is 1.07 bits per heavy atom. The number of carbonyl (C=O) groups is 1. The molecule has 0 bridgehead atoms. The maximum Gasteiger partial charge on any atom is 0.253 e. The number of aromatic nitrogens is 1. The highest BCUT2D eigenvalue weighted by molar-refractivity contribution is 5.99. The van der Waals surface area contributed by atoms with E-state index in [1.54, 1.807) is 0 Å². The molecule has 2 aromatic carbocycles. The second-order valence-electron chi connectivity index (χ2n) is 12.2. The van der Waals surface area contributed by atoms with E-state index in [9.17, 15) is 14.7 Å². The first-order chi connectivity index (χ1) is 20.7. The minimum Gasteiger partial charge on any atom is -0.392 e. The number of pyridine rings is 1. The normalized spacial score (nSPS) is 18.0. The van der Waals surface area contributed by atoms with Crippen LogP contribution in [-0.2, 0) is 17.8 Å². The van der Waals surface area contributed by atoms with Crippen molar-refractivity contribution in [3.8, 4) is 11.1 Å². The quantitative estimate of drug-likeness (QED) is 0.331. The number of H-pyrrole nitrogens is 1. The van der Waals surface area contributed by atoms with Crippen LogP contribution >= 0.6 is 0 Å². The number of aliphatic hydroxyl groups excluding tert-OH is 1. The van der Waals surface area contributed by atoms with Gasteiger partial charge in [-0.2, -0.15) is 0 Å². The standard InChI is InChI=1S/C35H46N4O4/c1-5-39(29-12-15-43-16-13-29)33-19-28(27-10-8-26(9-11-27)21-38-14-6-7-30(40)22-38)18-31(25(33)4)34(41)36-20-32-23(2)17-24(3)37-35(32)42/h8-11,17-19,29-30,40H,5-7,12-16,20-22H2,1-4H3,(H,36,41)(H,37,42). The molecule has 1 unspecified atom stereocenters. The number of β-amino-alcohol motifs (C(OH)–C–C–N with tert-alkyl or cyclic N) is 1. The molecular formula is C35H46N4O4. The van der Waals surface area contributed by atoms with Crippen LogP contribution in [0.1, 0.15) is 70.9 Å². The van der Waals surface area contributed by atoms with E-state index >= 15 is 0 Å². The molecule has 2 fully saturated rings. The lowest BCUT2D eigenvalue weighted by molar-refractivity contribution is 0.0668. The summed E-state index contributed by atoms with van der Waals surface area (Å²) in [5.74, 6) is -0.191. The first-order valence-electron chi connectivity index (χ1n) is 15.7. The number of hydrogen-bond acceptors (Lipinski definition) is 6. The van der Waals surface area contributed by atoms with Crippen molar-refractivity contribution in [1.29, 1.82) is 0 Å². The molecule has 3 N–H and O–H groups in total. The van der Waals surface area contributed by atoms with E-state index in [0.29, 0.717) is 23.7 Å². The van der Waals surface area contributed by atoms with Crippen LogP contribution in [0.25, 0.3) is 11.1 Å². The Balaban J connectivity index is 1.46. The number of carbonyl (C=O) groups excluding carboxylic acids is 1. The third-order valence-corrected chi connectivity index (χ3v) is 9.00. The van der Waals surface area contributed by atoms with Crippen LogP contribution in [0, 0.1) is 20.8 Å². The Morgan fingerprint density at radius 3 is 2.49 bits per heavy atom. The Morgan fingerprint density at radius 2 is 1.81 bits per heavy atom. The monoisotopic (exact) mass is 586 g/mol. The number of aliphatic hydroxyl groups is 1. The summed E-state index contributed by atoms with van der Waals surface area (Å²) in [6, 6.07) is 15.0. The molecule has 1 amide bonds. The first-order valence-corrected chi connectivity index (χ1v) is 15.7. The summed E-state index contributed by atoms with van der Waals surface area (Å²) < 4.78 is 5.65. The van der Waals surface area contributed by atoms with Crippen molar-refractivity contribution < 1.29 is 14.6 Å². The van der Waals surface area contributed by atoms with E-state index in [1.807, 2.05) is 32.9 Å². The number of benzene rings is 2. The number of hydrogen-bond donors (Lipinski definition) is 3. The van der Waals surface area contributed by atoms with Gasteiger partial charge in [-0.25, -0.2) is 0 Å². The fraction of sp³-hybridized carbons (Fsp3) is 0.486. The Bertz CT molecular complexity index is 1480. The average Bonchev–Trinajstić information content (AvgIpc) is 2.99. The third kappa shape index (κ3) is 7.37. The lowest BCUT2D eigenvalue weighted by atomic mass is 9.94. The zero-order chi connectivity index (χ0) is 30.5. The molecule has 3 aromatic rings. The fourth-order valence-corrected chi connectivity index (χ4v) is 6.62. The first kappa shape index (κ1) is 31.0. The highest BCUT2D eigenvalue weighted by Crippen LogP contribution is 2.34. The molecule has 3 heterocycles. The minimum atomic E-state index is -0.242. The van der Waals surface area contributed by atoms with Gasteiger partial charge in [-0.05, 0) is 106 Å². The molecule has 230 valence electrons. The number of ether oxygens (including phenoxy) is 1. The van der Waals surface area contributed by atoms with Crippen molar-refractivity contribution in [2.75, 3.05) is 37.7 Å². The van der Waals surface area contributed by atoms with Gasteiger partial charge in [-0.15, -0.1) is 0 Å². The van der Waals surface area contributed by atoms with Crippen LogP contribution in [0.4, 0.5) is 5.69 Å². The van der Waals surface area contributed by atoms with Gasteiger partial charge >= 0.3 is 0 Å². The Labute approximate surface area is 255 Å². The van der Waals surface area contributed by atoms with E-state index in [2.05, 4.69) is 57.4 Å². The number of nitrogens with one attached hydrogen (secondary N) is 2. The minimum absolute atomic E-state index is 0.163. The number of aromatic amines is 1. The molecule has 2 saturated heterocycles. The number of likely N-dealkylation sites (tertiary alicyclic amines) is 1. The van der Waals surface area contributed by atoms with Crippen molar-refractivity contribution in [3.63, 3.8) is 0 Å². The molecule has 5 rings (SSSR count). The van der Waals surface area contributed by atoms with Gasteiger partial charge in [0, 0.05) is 67.9 Å². The number of anilines is 1. The van der Waals surface area contributed by atoms with Crippen molar-refractivity contribution in [1.82, 2.24) is 15.2 Å². The number of piperidine rings is 1. The summed E-state index contributed by atoms with van der Waals surface area (Å²) in [5.41, 5.74) is 7.93. The third-order valence-electron chi connectivity index (χ3n) is 9.00. The molecule has 2 aliphatic heterocycles. The summed E-state index contributed by atoms with van der Waals surface area (Å²) in [6.45, 7) is 13.0. The van der Waals surface area contributed by atoms with Gasteiger partial charge in [-0.3, -0.25) is 14.5 Å². The predicted octanol–water partition coefficient (Wildman–Crippen LogP) is 4.86. The molecule has 2 aliphatic rings. The van der Waals surface area contributed by atoms with Gasteiger partial charge in [-0.1, -0.05) is 24.3 Å². The summed E-state index contributed by atoms with van der Waals surface area (Å²) in [5, 5.41) is 13.1. The second-order valence-corrected chi connectivity index (χ2v) is 12.2. The van der Waals surface area contributed by atoms with Gasteiger partial charge in [0.1, 0.15) is 0 Å². The maximum atomic E-state index is 13.8. The van der Waals surface area contributed by atoms with Crippen LogP contribution in [0.2, 0.25) is 0 Å². The van der Waals surface area contributed by atoms with E-state index in [1.165, 1.54) is 5.56 Å². The molecule has 0 aliphatic carbocycles. The van der Waals surface area contributed by atoms with Crippen LogP contribution < -0.4 is 15.8 Å². The Hall–Kier alpha value is -3.46. The van der Waals surface area contributed by atoms with Crippen LogP contribution in [0.15, 0.2) is 47.3 Å². The van der Waals surface area contributed by atoms with E-state index in [4.69, 9.17) is 4.74 Å². The number of amides is 1. The second kappa shape index (κ2) is 13.9. The molecule has 0 radical (unpaired) electrons. The van der Waals surface area contributed by atoms with Crippen LogP contribution in [-0.4, -0.2) is 65.9 Å². The average molecular weight is 587 g/mol. The summed E-state index contributed by atoms with van der Waals surface area (Å²) in [7, 11) is 0. The fourth-order valence-electron chi connectivity index (χ4n) is 6.62. The van der Waals surface area contributed by atoms with Crippen LogP contribution in [0.5, 0.6) is 0 Å². The topological polar surface area (TPSA) is 97.9 Å². The van der Waals surface area contributed by atoms with Crippen molar-refractivity contribution in [3.05, 3.63) is 86.3 Å². The van der Waals surface area contributed by atoms with Crippen molar-refractivity contribution in [2.45, 2.75) is 78.6 Å². The molecule has 8 nitrogen and oxygen atoms in total. The number of nitrogens with zero attached hydrogens (tertiary/aromatic N) is 2. The Kier molecular flexibility index (Phi) is 10.0. The summed E-state index contributed by atoms with van der Waals surface area (Å²) in [6.07, 6.45) is 3.57. The SMILES string of the molecule is CCN(c1cc(-c2ccc(CN3CCCC(O)C3)cc2)cc(C(=O)NCc2c(C)cc(C)[nH]c2=O)c1C)C1CCOCC1. The molecular weight excluding hydrogens is 540 g/mol.